The van der Waals surface area contributed by atoms with Crippen LogP contribution >= 0.6 is 0 Å². The lowest BCUT2D eigenvalue weighted by molar-refractivity contribution is 0.386. The van der Waals surface area contributed by atoms with E-state index in [9.17, 15) is 4.39 Å². The lowest BCUT2D eigenvalue weighted by atomic mass is 10.1. The van der Waals surface area contributed by atoms with E-state index in [1.807, 2.05) is 37.3 Å². The molecule has 0 aliphatic heterocycles. The molecule has 2 aromatic rings. The van der Waals surface area contributed by atoms with Gasteiger partial charge in [0.05, 0.1) is 13.2 Å². The van der Waals surface area contributed by atoms with Crippen molar-refractivity contribution < 1.29 is 9.13 Å². The summed E-state index contributed by atoms with van der Waals surface area (Å²) in [4.78, 5) is 0. The fourth-order valence-corrected chi connectivity index (χ4v) is 2.10. The van der Waals surface area contributed by atoms with Gasteiger partial charge in [-0.2, -0.15) is 0 Å². The molecule has 2 rings (SSSR count). The van der Waals surface area contributed by atoms with E-state index in [0.717, 1.165) is 16.8 Å². The smallest absolute Gasteiger partial charge is 0.165 e. The molecule has 106 valence electrons. The topological polar surface area (TPSA) is 47.3 Å². The van der Waals surface area contributed by atoms with E-state index in [0.29, 0.717) is 6.54 Å². The van der Waals surface area contributed by atoms with Crippen molar-refractivity contribution in [3.8, 4) is 5.75 Å². The summed E-state index contributed by atoms with van der Waals surface area (Å²) in [5.74, 6) is -0.143. The van der Waals surface area contributed by atoms with Crippen molar-refractivity contribution in [2.45, 2.75) is 13.0 Å². The van der Waals surface area contributed by atoms with E-state index in [-0.39, 0.29) is 17.6 Å². The summed E-state index contributed by atoms with van der Waals surface area (Å²) in [6, 6.07) is 12.7. The van der Waals surface area contributed by atoms with Crippen molar-refractivity contribution in [1.29, 1.82) is 0 Å². The Morgan fingerprint density at radius 3 is 2.60 bits per heavy atom. The van der Waals surface area contributed by atoms with Gasteiger partial charge in [-0.25, -0.2) is 4.39 Å². The van der Waals surface area contributed by atoms with Gasteiger partial charge in [-0.1, -0.05) is 24.3 Å². The average Bonchev–Trinajstić information content (AvgIpc) is 2.46. The second-order valence-electron chi connectivity index (χ2n) is 4.64. The van der Waals surface area contributed by atoms with E-state index in [2.05, 4.69) is 5.32 Å². The van der Waals surface area contributed by atoms with Gasteiger partial charge in [0.25, 0.3) is 0 Å². The van der Waals surface area contributed by atoms with Crippen LogP contribution in [0.5, 0.6) is 5.75 Å². The molecule has 0 heterocycles. The fraction of sp³-hybridized carbons (Fsp3) is 0.250. The molecule has 0 aromatic heterocycles. The first-order valence-corrected chi connectivity index (χ1v) is 6.51. The minimum atomic E-state index is -0.380. The van der Waals surface area contributed by atoms with Crippen molar-refractivity contribution in [2.24, 2.45) is 5.73 Å². The normalized spacial score (nSPS) is 12.0. The largest absolute Gasteiger partial charge is 0.494 e. The van der Waals surface area contributed by atoms with Crippen LogP contribution in [0.4, 0.5) is 10.1 Å². The number of nitrogens with one attached hydrogen (secondary N) is 1. The number of rotatable bonds is 5. The Hall–Kier alpha value is -2.07. The number of halogens is 1. The monoisotopic (exact) mass is 274 g/mol. The zero-order valence-electron chi connectivity index (χ0n) is 11.7. The van der Waals surface area contributed by atoms with Gasteiger partial charge < -0.3 is 15.8 Å². The molecule has 0 aliphatic rings. The SMILES string of the molecule is COc1ccc(C(CN)Nc2ccccc2C)cc1F. The molecule has 3 N–H and O–H groups in total. The van der Waals surface area contributed by atoms with Gasteiger partial charge in [-0.3, -0.25) is 0 Å². The van der Waals surface area contributed by atoms with Crippen molar-refractivity contribution in [2.75, 3.05) is 19.0 Å². The van der Waals surface area contributed by atoms with Crippen LogP contribution in [0.2, 0.25) is 0 Å². The van der Waals surface area contributed by atoms with Gasteiger partial charge >= 0.3 is 0 Å². The number of para-hydroxylation sites is 1. The molecule has 0 fully saturated rings. The molecule has 3 nitrogen and oxygen atoms in total. The Morgan fingerprint density at radius 2 is 2.00 bits per heavy atom. The molecule has 20 heavy (non-hydrogen) atoms. The van der Waals surface area contributed by atoms with Crippen LogP contribution in [-0.2, 0) is 0 Å². The Morgan fingerprint density at radius 1 is 1.25 bits per heavy atom. The third kappa shape index (κ3) is 3.08. The molecular weight excluding hydrogens is 255 g/mol. The molecule has 1 atom stereocenters. The predicted molar refractivity (Wildman–Crippen MR) is 79.5 cm³/mol. The number of hydrogen-bond acceptors (Lipinski definition) is 3. The summed E-state index contributed by atoms with van der Waals surface area (Å²) in [5.41, 5.74) is 8.73. The number of nitrogens with two attached hydrogens (primary N) is 1. The second-order valence-corrected chi connectivity index (χ2v) is 4.64. The van der Waals surface area contributed by atoms with Gasteiger partial charge in [-0.15, -0.1) is 0 Å². The number of anilines is 1. The van der Waals surface area contributed by atoms with Crippen molar-refractivity contribution in [1.82, 2.24) is 0 Å². The van der Waals surface area contributed by atoms with E-state index in [4.69, 9.17) is 10.5 Å². The number of benzene rings is 2. The maximum absolute atomic E-state index is 13.8. The molecule has 0 saturated carbocycles. The van der Waals surface area contributed by atoms with Gasteiger partial charge in [0.2, 0.25) is 0 Å². The van der Waals surface area contributed by atoms with Crippen LogP contribution in [0.3, 0.4) is 0 Å². The molecule has 0 bridgehead atoms. The lowest BCUT2D eigenvalue weighted by Gasteiger charge is -2.20. The minimum absolute atomic E-state index is 0.142. The van der Waals surface area contributed by atoms with Gasteiger partial charge in [0.15, 0.2) is 11.6 Å². The van der Waals surface area contributed by atoms with Crippen LogP contribution in [0.15, 0.2) is 42.5 Å². The van der Waals surface area contributed by atoms with Crippen LogP contribution in [0.1, 0.15) is 17.2 Å². The molecule has 0 aliphatic carbocycles. The number of methoxy groups -OCH3 is 1. The number of ether oxygens (including phenoxy) is 1. The Labute approximate surface area is 118 Å². The number of aryl methyl sites for hydroxylation is 1. The van der Waals surface area contributed by atoms with Gasteiger partial charge in [0.1, 0.15) is 0 Å². The van der Waals surface area contributed by atoms with E-state index >= 15 is 0 Å². The second kappa shape index (κ2) is 6.39. The molecule has 0 spiro atoms. The van der Waals surface area contributed by atoms with Crippen LogP contribution < -0.4 is 15.8 Å². The van der Waals surface area contributed by atoms with Crippen molar-refractivity contribution in [3.63, 3.8) is 0 Å². The highest BCUT2D eigenvalue weighted by molar-refractivity contribution is 5.52. The first kappa shape index (κ1) is 14.3. The molecule has 0 amide bonds. The van der Waals surface area contributed by atoms with E-state index in [1.54, 1.807) is 6.07 Å². The van der Waals surface area contributed by atoms with Gasteiger partial charge in [0, 0.05) is 12.2 Å². The van der Waals surface area contributed by atoms with Crippen LogP contribution in [0, 0.1) is 12.7 Å². The zero-order valence-corrected chi connectivity index (χ0v) is 11.7. The van der Waals surface area contributed by atoms with E-state index < -0.39 is 0 Å². The fourth-order valence-electron chi connectivity index (χ4n) is 2.10. The maximum atomic E-state index is 13.8. The Kier molecular flexibility index (Phi) is 4.58. The summed E-state index contributed by atoms with van der Waals surface area (Å²) in [6.45, 7) is 2.39. The van der Waals surface area contributed by atoms with E-state index in [1.165, 1.54) is 13.2 Å². The summed E-state index contributed by atoms with van der Waals surface area (Å²) >= 11 is 0. The van der Waals surface area contributed by atoms with Crippen LogP contribution in [-0.4, -0.2) is 13.7 Å². The molecule has 4 heteroatoms. The molecule has 0 saturated heterocycles. The molecule has 2 aromatic carbocycles. The quantitative estimate of drug-likeness (QED) is 0.879. The van der Waals surface area contributed by atoms with Crippen molar-refractivity contribution >= 4 is 5.69 Å². The molecule has 1 unspecified atom stereocenters. The zero-order chi connectivity index (χ0) is 14.5. The summed E-state index contributed by atoms with van der Waals surface area (Å²) in [7, 11) is 1.45. The minimum Gasteiger partial charge on any atom is -0.494 e. The van der Waals surface area contributed by atoms with Crippen molar-refractivity contribution in [3.05, 3.63) is 59.4 Å². The van der Waals surface area contributed by atoms with Gasteiger partial charge in [-0.05, 0) is 36.2 Å². The Balaban J connectivity index is 2.24. The number of hydrogen-bond donors (Lipinski definition) is 2. The third-order valence-corrected chi connectivity index (χ3v) is 3.29. The Bertz CT molecular complexity index is 586. The highest BCUT2D eigenvalue weighted by Gasteiger charge is 2.13. The first-order valence-electron chi connectivity index (χ1n) is 6.51. The summed E-state index contributed by atoms with van der Waals surface area (Å²) < 4.78 is 18.7. The first-order chi connectivity index (χ1) is 9.65. The maximum Gasteiger partial charge on any atom is 0.165 e. The molecule has 0 radical (unpaired) electrons. The third-order valence-electron chi connectivity index (χ3n) is 3.29. The molecular formula is C16H19FN2O. The summed E-state index contributed by atoms with van der Waals surface area (Å²) in [5, 5.41) is 3.35. The highest BCUT2D eigenvalue weighted by atomic mass is 19.1. The lowest BCUT2D eigenvalue weighted by Crippen LogP contribution is -2.21. The summed E-state index contributed by atoms with van der Waals surface area (Å²) in [6.07, 6.45) is 0. The highest BCUT2D eigenvalue weighted by Crippen LogP contribution is 2.25. The van der Waals surface area contributed by atoms with Crippen LogP contribution in [0.25, 0.3) is 0 Å². The standard InChI is InChI=1S/C16H19FN2O/c1-11-5-3-4-6-14(11)19-15(10-18)12-7-8-16(20-2)13(17)9-12/h3-9,15,19H,10,18H2,1-2H3. The average molecular weight is 274 g/mol. The predicted octanol–water partition coefficient (Wildman–Crippen LogP) is 3.25.